The molecule has 5 rings (SSSR count). The lowest BCUT2D eigenvalue weighted by molar-refractivity contribution is 0.160. The van der Waals surface area contributed by atoms with Crippen molar-refractivity contribution >= 4 is 21.4 Å². The van der Waals surface area contributed by atoms with Crippen molar-refractivity contribution in [1.29, 1.82) is 0 Å². The minimum absolute atomic E-state index is 0.302. The van der Waals surface area contributed by atoms with Crippen molar-refractivity contribution in [2.75, 3.05) is 44.7 Å². The van der Waals surface area contributed by atoms with E-state index in [1.54, 1.807) is 16.8 Å². The minimum Gasteiger partial charge on any atom is -0.373 e. The Labute approximate surface area is 202 Å². The Morgan fingerprint density at radius 2 is 1.89 bits per heavy atom. The first-order valence-electron chi connectivity index (χ1n) is 11.6. The van der Waals surface area contributed by atoms with Crippen LogP contribution in [0.2, 0.25) is 0 Å². The van der Waals surface area contributed by atoms with Gasteiger partial charge in [0.1, 0.15) is 17.9 Å². The maximum absolute atomic E-state index is 14.5. The molecule has 12 heteroatoms. The van der Waals surface area contributed by atoms with Gasteiger partial charge in [-0.2, -0.15) is 22.5 Å². The smallest absolute Gasteiger partial charge is 0.281 e. The van der Waals surface area contributed by atoms with Crippen LogP contribution in [-0.4, -0.2) is 72.1 Å². The van der Waals surface area contributed by atoms with Gasteiger partial charge in [-0.15, -0.1) is 0 Å². The molecule has 4 heterocycles. The van der Waals surface area contributed by atoms with E-state index in [-0.39, 0.29) is 6.04 Å². The summed E-state index contributed by atoms with van der Waals surface area (Å²) in [7, 11) is -1.97. The molecule has 0 saturated carbocycles. The van der Waals surface area contributed by atoms with E-state index in [4.69, 9.17) is 0 Å². The Morgan fingerprint density at radius 3 is 2.66 bits per heavy atom. The number of anilines is 1. The molecular weight excluding hydrogens is 478 g/mol. The van der Waals surface area contributed by atoms with Crippen LogP contribution in [0.15, 0.2) is 42.7 Å². The summed E-state index contributed by atoms with van der Waals surface area (Å²) in [5.74, 6) is -0.944. The van der Waals surface area contributed by atoms with E-state index in [9.17, 15) is 22.3 Å². The van der Waals surface area contributed by atoms with Crippen LogP contribution in [0.1, 0.15) is 36.2 Å². The molecule has 3 aromatic rings. The van der Waals surface area contributed by atoms with Gasteiger partial charge in [-0.3, -0.25) is 0 Å². The molecule has 1 aromatic carbocycles. The fourth-order valence-corrected chi connectivity index (χ4v) is 6.06. The third kappa shape index (κ3) is 4.76. The summed E-state index contributed by atoms with van der Waals surface area (Å²) < 4.78 is 59.2. The number of nitrogens with zero attached hydrogens (tertiary/aromatic N) is 5. The summed E-state index contributed by atoms with van der Waals surface area (Å²) in [6.45, 7) is 2.55. The second-order valence-electron chi connectivity index (χ2n) is 9.06. The Morgan fingerprint density at radius 1 is 1.11 bits per heavy atom. The first-order chi connectivity index (χ1) is 16.7. The molecule has 2 aliphatic rings. The molecule has 35 heavy (non-hydrogen) atoms. The summed E-state index contributed by atoms with van der Waals surface area (Å²) in [5, 5.41) is 15.0. The van der Waals surface area contributed by atoms with Gasteiger partial charge in [0.15, 0.2) is 0 Å². The predicted molar refractivity (Wildman–Crippen MR) is 127 cm³/mol. The highest BCUT2D eigenvalue weighted by Gasteiger charge is 2.31. The number of halogens is 2. The highest BCUT2D eigenvalue weighted by Crippen LogP contribution is 2.38. The van der Waals surface area contributed by atoms with Crippen LogP contribution in [0.25, 0.3) is 5.52 Å². The lowest BCUT2D eigenvalue weighted by Crippen LogP contribution is -2.51. The van der Waals surface area contributed by atoms with Crippen molar-refractivity contribution in [3.05, 3.63) is 65.5 Å². The van der Waals surface area contributed by atoms with Crippen molar-refractivity contribution in [3.63, 3.8) is 0 Å². The van der Waals surface area contributed by atoms with E-state index in [0.717, 1.165) is 24.2 Å². The third-order valence-corrected chi connectivity index (χ3v) is 8.36. The molecule has 2 saturated heterocycles. The lowest BCUT2D eigenvalue weighted by Gasteiger charge is -2.32. The fourth-order valence-electron chi connectivity index (χ4n) is 4.85. The zero-order valence-corrected chi connectivity index (χ0v) is 20.1. The number of likely N-dealkylation sites (N-methyl/N-ethyl adjacent to an activating group) is 1. The highest BCUT2D eigenvalue weighted by molar-refractivity contribution is 7.87. The number of hydrogen-bond donors (Lipinski definition) is 2. The SMILES string of the molecule is CN1CCN(S(=O)(=O)NC(O)c2cnn3ccc(N4CCCC4c4cc(F)ccc4F)cc23)CC1. The van der Waals surface area contributed by atoms with Crippen molar-refractivity contribution in [3.8, 4) is 0 Å². The van der Waals surface area contributed by atoms with E-state index < -0.39 is 28.1 Å². The quantitative estimate of drug-likeness (QED) is 0.497. The predicted octanol–water partition coefficient (Wildman–Crippen LogP) is 2.03. The van der Waals surface area contributed by atoms with Gasteiger partial charge in [0.05, 0.1) is 17.8 Å². The molecular formula is C23H28F2N6O3S. The van der Waals surface area contributed by atoms with Crippen LogP contribution in [0.3, 0.4) is 0 Å². The molecule has 0 radical (unpaired) electrons. The number of aliphatic hydroxyl groups is 1. The van der Waals surface area contributed by atoms with Crippen LogP contribution >= 0.6 is 0 Å². The largest absolute Gasteiger partial charge is 0.373 e. The van der Waals surface area contributed by atoms with E-state index in [2.05, 4.69) is 9.82 Å². The number of pyridine rings is 1. The van der Waals surface area contributed by atoms with Crippen LogP contribution in [0.4, 0.5) is 14.5 Å². The standard InChI is InChI=1S/C23H28F2N6O3S/c1-28-9-11-29(12-10-28)35(33,34)27-23(32)19-15-26-31-8-6-17(14-22(19)31)30-7-2-3-21(30)18-13-16(24)4-5-20(18)25/h4-6,8,13-15,21,23,27,32H,2-3,7,9-12H2,1H3. The molecule has 0 spiro atoms. The fraction of sp³-hybridized carbons (Fsp3) is 0.435. The summed E-state index contributed by atoms with van der Waals surface area (Å²) in [6, 6.07) is 6.75. The Bertz CT molecular complexity index is 1330. The Hall–Kier alpha value is -2.64. The zero-order chi connectivity index (χ0) is 24.7. The van der Waals surface area contributed by atoms with Gasteiger partial charge in [-0.25, -0.2) is 13.3 Å². The molecule has 0 aliphatic carbocycles. The zero-order valence-electron chi connectivity index (χ0n) is 19.3. The number of hydrogen-bond acceptors (Lipinski definition) is 6. The van der Waals surface area contributed by atoms with Gasteiger partial charge >= 0.3 is 0 Å². The first kappa shape index (κ1) is 24.1. The second kappa shape index (κ2) is 9.43. The van der Waals surface area contributed by atoms with Crippen LogP contribution in [0.5, 0.6) is 0 Å². The molecule has 2 aromatic heterocycles. The van der Waals surface area contributed by atoms with E-state index in [1.165, 1.54) is 16.6 Å². The first-order valence-corrected chi connectivity index (χ1v) is 13.0. The van der Waals surface area contributed by atoms with Gasteiger partial charge in [0.2, 0.25) is 0 Å². The third-order valence-electron chi connectivity index (χ3n) is 6.79. The molecule has 2 fully saturated rings. The van der Waals surface area contributed by atoms with E-state index in [0.29, 0.717) is 55.8 Å². The summed E-state index contributed by atoms with van der Waals surface area (Å²) in [4.78, 5) is 4.03. The number of piperazine rings is 1. The summed E-state index contributed by atoms with van der Waals surface area (Å²) in [5.41, 5.74) is 1.87. The van der Waals surface area contributed by atoms with Crippen LogP contribution in [-0.2, 0) is 10.2 Å². The number of aliphatic hydroxyl groups excluding tert-OH is 1. The number of fused-ring (bicyclic) bond motifs is 1. The minimum atomic E-state index is -3.90. The van der Waals surface area contributed by atoms with Crippen molar-refractivity contribution in [2.45, 2.75) is 25.1 Å². The number of rotatable bonds is 6. The normalized spacial score (nSPS) is 21.1. The molecule has 188 valence electrons. The molecule has 2 N–H and O–H groups in total. The van der Waals surface area contributed by atoms with Crippen LogP contribution < -0.4 is 9.62 Å². The molecule has 2 atom stereocenters. The molecule has 0 bridgehead atoms. The van der Waals surface area contributed by atoms with E-state index in [1.807, 2.05) is 22.9 Å². The van der Waals surface area contributed by atoms with E-state index >= 15 is 0 Å². The van der Waals surface area contributed by atoms with Gasteiger partial charge in [0.25, 0.3) is 10.2 Å². The maximum atomic E-state index is 14.5. The topological polar surface area (TPSA) is 93.4 Å². The molecule has 2 unspecified atom stereocenters. The average Bonchev–Trinajstić information content (AvgIpc) is 3.47. The van der Waals surface area contributed by atoms with Gasteiger partial charge in [-0.05, 0) is 50.2 Å². The van der Waals surface area contributed by atoms with Crippen LogP contribution in [0, 0.1) is 11.6 Å². The molecule has 0 amide bonds. The van der Waals surface area contributed by atoms with Gasteiger partial charge in [0, 0.05) is 55.7 Å². The lowest BCUT2D eigenvalue weighted by atomic mass is 10.0. The van der Waals surface area contributed by atoms with Crippen molar-refractivity contribution in [1.82, 2.24) is 23.5 Å². The Balaban J connectivity index is 1.41. The van der Waals surface area contributed by atoms with Crippen molar-refractivity contribution < 1.29 is 22.3 Å². The van der Waals surface area contributed by atoms with Crippen molar-refractivity contribution in [2.24, 2.45) is 0 Å². The Kier molecular flexibility index (Phi) is 6.49. The summed E-state index contributed by atoms with van der Waals surface area (Å²) in [6.07, 6.45) is 3.11. The number of benzene rings is 1. The molecule has 9 nitrogen and oxygen atoms in total. The second-order valence-corrected chi connectivity index (χ2v) is 10.8. The molecule has 2 aliphatic heterocycles. The van der Waals surface area contributed by atoms with Gasteiger partial charge in [-0.1, -0.05) is 0 Å². The maximum Gasteiger partial charge on any atom is 0.281 e. The van der Waals surface area contributed by atoms with Gasteiger partial charge < -0.3 is 14.9 Å². The summed E-state index contributed by atoms with van der Waals surface area (Å²) >= 11 is 0. The average molecular weight is 507 g/mol. The highest BCUT2D eigenvalue weighted by atomic mass is 32.2. The number of nitrogens with one attached hydrogen (secondary N) is 1. The number of aromatic nitrogens is 2. The monoisotopic (exact) mass is 506 g/mol.